The number of rotatable bonds is 3. The van der Waals surface area contributed by atoms with E-state index in [0.29, 0.717) is 6.04 Å². The SMILES string of the molecule is Cc1cc2c(c(C#CCc3ccccc3)cn2C2CCCC2)c(N(C)C)n1. The van der Waals surface area contributed by atoms with Gasteiger partial charge in [-0.05, 0) is 31.4 Å². The van der Waals surface area contributed by atoms with Gasteiger partial charge in [-0.25, -0.2) is 4.98 Å². The summed E-state index contributed by atoms with van der Waals surface area (Å²) < 4.78 is 2.47. The Morgan fingerprint density at radius 3 is 2.59 bits per heavy atom. The summed E-state index contributed by atoms with van der Waals surface area (Å²) in [5, 5.41) is 1.19. The molecule has 0 bridgehead atoms. The van der Waals surface area contributed by atoms with E-state index in [1.54, 1.807) is 0 Å². The van der Waals surface area contributed by atoms with E-state index in [9.17, 15) is 0 Å². The molecule has 3 nitrogen and oxygen atoms in total. The van der Waals surface area contributed by atoms with Gasteiger partial charge in [0.15, 0.2) is 0 Å². The number of hydrogen-bond acceptors (Lipinski definition) is 2. The lowest BCUT2D eigenvalue weighted by Crippen LogP contribution is -2.12. The molecule has 4 rings (SSSR count). The molecule has 0 spiro atoms. The van der Waals surface area contributed by atoms with E-state index in [4.69, 9.17) is 4.98 Å². The zero-order chi connectivity index (χ0) is 18.8. The van der Waals surface area contributed by atoms with Crippen LogP contribution in [-0.4, -0.2) is 23.6 Å². The van der Waals surface area contributed by atoms with Gasteiger partial charge < -0.3 is 9.47 Å². The molecule has 0 saturated heterocycles. The molecular formula is C24H27N3. The first-order valence-electron chi connectivity index (χ1n) is 9.86. The normalized spacial score (nSPS) is 14.3. The molecule has 0 radical (unpaired) electrons. The molecule has 27 heavy (non-hydrogen) atoms. The topological polar surface area (TPSA) is 21.1 Å². The van der Waals surface area contributed by atoms with E-state index in [-0.39, 0.29) is 0 Å². The number of fused-ring (bicyclic) bond motifs is 1. The molecule has 0 amide bonds. The van der Waals surface area contributed by atoms with E-state index in [0.717, 1.165) is 23.5 Å². The molecule has 3 aromatic rings. The highest BCUT2D eigenvalue weighted by molar-refractivity contribution is 5.96. The minimum atomic E-state index is 0.592. The highest BCUT2D eigenvalue weighted by Gasteiger charge is 2.22. The van der Waals surface area contributed by atoms with Gasteiger partial charge in [-0.15, -0.1) is 0 Å². The summed E-state index contributed by atoms with van der Waals surface area (Å²) in [7, 11) is 4.13. The number of hydrogen-bond donors (Lipinski definition) is 0. The van der Waals surface area contributed by atoms with E-state index in [2.05, 4.69) is 78.9 Å². The molecule has 138 valence electrons. The van der Waals surface area contributed by atoms with Crippen LogP contribution >= 0.6 is 0 Å². The van der Waals surface area contributed by atoms with Crippen LogP contribution in [0.3, 0.4) is 0 Å². The standard InChI is InChI=1S/C24H27N3/c1-18-16-22-23(24(25-18)26(2)3)20(17-27(22)21-14-7-8-15-21)13-9-12-19-10-5-4-6-11-19/h4-6,10-11,16-17,21H,7-8,12,14-15H2,1-3H3. The molecule has 2 aromatic heterocycles. The molecule has 1 fully saturated rings. The first-order chi connectivity index (χ1) is 13.1. The third kappa shape index (κ3) is 3.57. The lowest BCUT2D eigenvalue weighted by atomic mass is 10.1. The average molecular weight is 358 g/mol. The minimum Gasteiger partial charge on any atom is -0.362 e. The van der Waals surface area contributed by atoms with Crippen molar-refractivity contribution in [1.29, 1.82) is 0 Å². The van der Waals surface area contributed by atoms with Crippen LogP contribution in [0.15, 0.2) is 42.6 Å². The van der Waals surface area contributed by atoms with Crippen LogP contribution in [0.5, 0.6) is 0 Å². The minimum absolute atomic E-state index is 0.592. The first-order valence-corrected chi connectivity index (χ1v) is 9.86. The molecule has 1 aromatic carbocycles. The summed E-state index contributed by atoms with van der Waals surface area (Å²) in [6, 6.07) is 13.3. The molecular weight excluding hydrogens is 330 g/mol. The van der Waals surface area contributed by atoms with Crippen LogP contribution in [0.25, 0.3) is 10.9 Å². The van der Waals surface area contributed by atoms with Crippen LogP contribution in [0.4, 0.5) is 5.82 Å². The number of anilines is 1. The Morgan fingerprint density at radius 2 is 1.89 bits per heavy atom. The molecule has 1 saturated carbocycles. The molecule has 0 unspecified atom stereocenters. The summed E-state index contributed by atoms with van der Waals surface area (Å²) in [5.74, 6) is 7.86. The molecule has 0 atom stereocenters. The lowest BCUT2D eigenvalue weighted by Gasteiger charge is -2.16. The largest absolute Gasteiger partial charge is 0.362 e. The van der Waals surface area contributed by atoms with Crippen LogP contribution in [0.1, 0.15) is 48.5 Å². The van der Waals surface area contributed by atoms with Crippen molar-refractivity contribution in [2.45, 2.75) is 45.1 Å². The number of pyridine rings is 1. The van der Waals surface area contributed by atoms with Crippen molar-refractivity contribution in [2.24, 2.45) is 0 Å². The van der Waals surface area contributed by atoms with Crippen molar-refractivity contribution < 1.29 is 0 Å². The first kappa shape index (κ1) is 17.7. The Labute approximate surface area is 162 Å². The lowest BCUT2D eigenvalue weighted by molar-refractivity contribution is 0.535. The van der Waals surface area contributed by atoms with Gasteiger partial charge in [0.25, 0.3) is 0 Å². The predicted molar refractivity (Wildman–Crippen MR) is 113 cm³/mol. The van der Waals surface area contributed by atoms with E-state index in [1.165, 1.54) is 42.1 Å². The average Bonchev–Trinajstić information content (AvgIpc) is 3.30. The van der Waals surface area contributed by atoms with Gasteiger partial charge in [0.05, 0.1) is 16.5 Å². The number of aryl methyl sites for hydroxylation is 1. The fourth-order valence-electron chi connectivity index (χ4n) is 4.12. The van der Waals surface area contributed by atoms with Gasteiger partial charge in [-0.2, -0.15) is 0 Å². The second-order valence-corrected chi connectivity index (χ2v) is 7.73. The maximum atomic E-state index is 4.81. The van der Waals surface area contributed by atoms with Gasteiger partial charge >= 0.3 is 0 Å². The van der Waals surface area contributed by atoms with Crippen molar-refractivity contribution >= 4 is 16.7 Å². The molecule has 1 aliphatic carbocycles. The van der Waals surface area contributed by atoms with Gasteiger partial charge in [0.1, 0.15) is 5.82 Å². The zero-order valence-corrected chi connectivity index (χ0v) is 16.5. The molecule has 1 aliphatic rings. The number of aromatic nitrogens is 2. The van der Waals surface area contributed by atoms with Crippen molar-refractivity contribution in [3.8, 4) is 11.8 Å². The van der Waals surface area contributed by atoms with Crippen molar-refractivity contribution in [3.63, 3.8) is 0 Å². The van der Waals surface area contributed by atoms with Crippen LogP contribution < -0.4 is 4.90 Å². The van der Waals surface area contributed by atoms with Gasteiger partial charge in [-0.3, -0.25) is 0 Å². The Kier molecular flexibility index (Phi) is 4.90. The van der Waals surface area contributed by atoms with Gasteiger partial charge in [0, 0.05) is 38.4 Å². The Balaban J connectivity index is 1.81. The highest BCUT2D eigenvalue weighted by Crippen LogP contribution is 2.37. The summed E-state index contributed by atoms with van der Waals surface area (Å²) in [4.78, 5) is 6.92. The smallest absolute Gasteiger partial charge is 0.139 e. The van der Waals surface area contributed by atoms with E-state index >= 15 is 0 Å². The fourth-order valence-corrected chi connectivity index (χ4v) is 4.12. The predicted octanol–water partition coefficient (Wildman–Crippen LogP) is 5.12. The van der Waals surface area contributed by atoms with Crippen molar-refractivity contribution in [3.05, 3.63) is 59.4 Å². The van der Waals surface area contributed by atoms with Gasteiger partial charge in [0.2, 0.25) is 0 Å². The van der Waals surface area contributed by atoms with Crippen LogP contribution in [0, 0.1) is 18.8 Å². The summed E-state index contributed by atoms with van der Waals surface area (Å²) in [6.45, 7) is 2.08. The van der Waals surface area contributed by atoms with Gasteiger partial charge in [-0.1, -0.05) is 55.0 Å². The Bertz CT molecular complexity index is 997. The fraction of sp³-hybridized carbons (Fsp3) is 0.375. The second kappa shape index (κ2) is 7.48. The van der Waals surface area contributed by atoms with E-state index < -0.39 is 0 Å². The summed E-state index contributed by atoms with van der Waals surface area (Å²) >= 11 is 0. The van der Waals surface area contributed by atoms with Crippen LogP contribution in [-0.2, 0) is 6.42 Å². The molecule has 0 N–H and O–H groups in total. The Morgan fingerprint density at radius 1 is 1.15 bits per heavy atom. The second-order valence-electron chi connectivity index (χ2n) is 7.73. The summed E-state index contributed by atoms with van der Waals surface area (Å²) in [6.07, 6.45) is 8.22. The number of nitrogens with zero attached hydrogens (tertiary/aromatic N) is 3. The molecule has 2 heterocycles. The summed E-state index contributed by atoms with van der Waals surface area (Å²) in [5.41, 5.74) is 4.70. The zero-order valence-electron chi connectivity index (χ0n) is 16.5. The quantitative estimate of drug-likeness (QED) is 0.607. The third-order valence-corrected chi connectivity index (χ3v) is 5.42. The number of benzene rings is 1. The molecule has 0 aliphatic heterocycles. The van der Waals surface area contributed by atoms with Crippen molar-refractivity contribution in [2.75, 3.05) is 19.0 Å². The third-order valence-electron chi connectivity index (χ3n) is 5.42. The van der Waals surface area contributed by atoms with Crippen LogP contribution in [0.2, 0.25) is 0 Å². The Hall–Kier alpha value is -2.73. The maximum Gasteiger partial charge on any atom is 0.139 e. The van der Waals surface area contributed by atoms with Crippen molar-refractivity contribution in [1.82, 2.24) is 9.55 Å². The van der Waals surface area contributed by atoms with E-state index in [1.807, 2.05) is 6.07 Å². The monoisotopic (exact) mass is 357 g/mol. The maximum absolute atomic E-state index is 4.81. The highest BCUT2D eigenvalue weighted by atomic mass is 15.1. The molecule has 3 heteroatoms.